The van der Waals surface area contributed by atoms with Crippen LogP contribution in [0.15, 0.2) is 48.9 Å². The van der Waals surface area contributed by atoms with Crippen LogP contribution in [0, 0.1) is 0 Å². The maximum absolute atomic E-state index is 10.6. The van der Waals surface area contributed by atoms with E-state index in [1.807, 2.05) is 42.7 Å². The third kappa shape index (κ3) is 4.71. The molecule has 6 nitrogen and oxygen atoms in total. The molecule has 152 valence electrons. The summed E-state index contributed by atoms with van der Waals surface area (Å²) in [5.74, 6) is 1.62. The standard InChI is InChI=1S/C23H28N4O2/c1-23(2,3)22-25-12-16(13-26-22)14-27-10-8-21(20(28)15-27)29-18-6-7-19-17(11-18)5-4-9-24-19/h4-7,9,11-13,20-21,28H,8,10,14-15H2,1-3H3/t20-,21-/m1/s1. The van der Waals surface area contributed by atoms with Gasteiger partial charge in [-0.3, -0.25) is 9.88 Å². The van der Waals surface area contributed by atoms with Crippen molar-refractivity contribution in [3.05, 3.63) is 60.3 Å². The van der Waals surface area contributed by atoms with Crippen molar-refractivity contribution in [3.8, 4) is 5.75 Å². The maximum Gasteiger partial charge on any atom is 0.133 e. The molecule has 0 unspecified atom stereocenters. The summed E-state index contributed by atoms with van der Waals surface area (Å²) >= 11 is 0. The lowest BCUT2D eigenvalue weighted by Crippen LogP contribution is -2.48. The molecule has 0 radical (unpaired) electrons. The van der Waals surface area contributed by atoms with Gasteiger partial charge in [-0.05, 0) is 30.7 Å². The molecule has 1 aliphatic heterocycles. The van der Waals surface area contributed by atoms with Crippen molar-refractivity contribution in [2.75, 3.05) is 13.1 Å². The quantitative estimate of drug-likeness (QED) is 0.734. The van der Waals surface area contributed by atoms with Crippen LogP contribution in [0.1, 0.15) is 38.6 Å². The highest BCUT2D eigenvalue weighted by Crippen LogP contribution is 2.24. The highest BCUT2D eigenvalue weighted by atomic mass is 16.5. The minimum absolute atomic E-state index is 0.0523. The summed E-state index contributed by atoms with van der Waals surface area (Å²) in [6, 6.07) is 9.78. The second-order valence-corrected chi connectivity index (χ2v) is 8.77. The molecule has 3 heterocycles. The summed E-state index contributed by atoms with van der Waals surface area (Å²) < 4.78 is 6.10. The van der Waals surface area contributed by atoms with E-state index in [1.54, 1.807) is 6.20 Å². The van der Waals surface area contributed by atoms with E-state index >= 15 is 0 Å². The Morgan fingerprint density at radius 2 is 1.93 bits per heavy atom. The van der Waals surface area contributed by atoms with Gasteiger partial charge >= 0.3 is 0 Å². The van der Waals surface area contributed by atoms with E-state index < -0.39 is 6.10 Å². The number of fused-ring (bicyclic) bond motifs is 1. The minimum atomic E-state index is -0.539. The second-order valence-electron chi connectivity index (χ2n) is 8.77. The first-order chi connectivity index (χ1) is 13.9. The van der Waals surface area contributed by atoms with Crippen LogP contribution in [0.3, 0.4) is 0 Å². The Kier molecular flexibility index (Phi) is 5.48. The molecule has 0 aliphatic carbocycles. The van der Waals surface area contributed by atoms with E-state index in [0.717, 1.165) is 47.6 Å². The van der Waals surface area contributed by atoms with Crippen LogP contribution in [-0.2, 0) is 12.0 Å². The minimum Gasteiger partial charge on any atom is -0.488 e. The zero-order chi connectivity index (χ0) is 20.4. The fraction of sp³-hybridized carbons (Fsp3) is 0.435. The van der Waals surface area contributed by atoms with Gasteiger partial charge < -0.3 is 9.84 Å². The first-order valence-electron chi connectivity index (χ1n) is 10.1. The zero-order valence-electron chi connectivity index (χ0n) is 17.2. The number of hydrogen-bond acceptors (Lipinski definition) is 6. The van der Waals surface area contributed by atoms with Gasteiger partial charge in [0, 0.05) is 54.6 Å². The predicted octanol–water partition coefficient (Wildman–Crippen LogP) is 3.34. The molecule has 0 spiro atoms. The van der Waals surface area contributed by atoms with Crippen LogP contribution in [0.4, 0.5) is 0 Å². The predicted molar refractivity (Wildman–Crippen MR) is 113 cm³/mol. The molecule has 1 fully saturated rings. The average molecular weight is 393 g/mol. The van der Waals surface area contributed by atoms with Crippen molar-refractivity contribution in [1.82, 2.24) is 19.9 Å². The van der Waals surface area contributed by atoms with E-state index in [4.69, 9.17) is 4.74 Å². The van der Waals surface area contributed by atoms with Crippen LogP contribution in [0.2, 0.25) is 0 Å². The third-order valence-electron chi connectivity index (χ3n) is 5.25. The van der Waals surface area contributed by atoms with E-state index in [2.05, 4.69) is 40.6 Å². The summed E-state index contributed by atoms with van der Waals surface area (Å²) in [5, 5.41) is 11.7. The number of likely N-dealkylation sites (tertiary alicyclic amines) is 1. The SMILES string of the molecule is CC(C)(C)c1ncc(CN2CC[C@@H](Oc3ccc4ncccc4c3)[C@H](O)C2)cn1. The normalized spacial score (nSPS) is 20.7. The van der Waals surface area contributed by atoms with E-state index in [9.17, 15) is 5.11 Å². The van der Waals surface area contributed by atoms with Gasteiger partial charge in [-0.1, -0.05) is 26.8 Å². The molecule has 3 aromatic rings. The Hall–Kier alpha value is -2.57. The lowest BCUT2D eigenvalue weighted by atomic mass is 9.96. The van der Waals surface area contributed by atoms with Crippen LogP contribution in [0.5, 0.6) is 5.75 Å². The van der Waals surface area contributed by atoms with Crippen LogP contribution in [0.25, 0.3) is 10.9 Å². The van der Waals surface area contributed by atoms with E-state index in [1.165, 1.54) is 0 Å². The summed E-state index contributed by atoms with van der Waals surface area (Å²) in [7, 11) is 0. The van der Waals surface area contributed by atoms with Crippen molar-refractivity contribution in [3.63, 3.8) is 0 Å². The topological polar surface area (TPSA) is 71.4 Å². The van der Waals surface area contributed by atoms with Gasteiger partial charge in [-0.2, -0.15) is 0 Å². The summed E-state index contributed by atoms with van der Waals surface area (Å²) in [5.41, 5.74) is 1.95. The number of aliphatic hydroxyl groups excluding tert-OH is 1. The van der Waals surface area contributed by atoms with Gasteiger partial charge in [0.2, 0.25) is 0 Å². The summed E-state index contributed by atoms with van der Waals surface area (Å²) in [6.45, 7) is 8.48. The fourth-order valence-electron chi connectivity index (χ4n) is 3.64. The Morgan fingerprint density at radius 3 is 2.66 bits per heavy atom. The molecule has 6 heteroatoms. The Morgan fingerprint density at radius 1 is 1.14 bits per heavy atom. The van der Waals surface area contributed by atoms with Crippen LogP contribution < -0.4 is 4.74 Å². The monoisotopic (exact) mass is 392 g/mol. The first kappa shape index (κ1) is 19.7. The highest BCUT2D eigenvalue weighted by Gasteiger charge is 2.29. The maximum atomic E-state index is 10.6. The number of rotatable bonds is 4. The molecular weight excluding hydrogens is 364 g/mol. The first-order valence-corrected chi connectivity index (χ1v) is 10.1. The summed E-state index contributed by atoms with van der Waals surface area (Å²) in [4.78, 5) is 15.6. The van der Waals surface area contributed by atoms with Crippen LogP contribution in [-0.4, -0.2) is 50.3 Å². The Balaban J connectivity index is 1.35. The zero-order valence-corrected chi connectivity index (χ0v) is 17.2. The number of benzene rings is 1. The molecule has 2 atom stereocenters. The molecule has 2 aromatic heterocycles. The number of aromatic nitrogens is 3. The van der Waals surface area contributed by atoms with Crippen molar-refractivity contribution in [2.24, 2.45) is 0 Å². The third-order valence-corrected chi connectivity index (χ3v) is 5.25. The van der Waals surface area contributed by atoms with E-state index in [0.29, 0.717) is 6.54 Å². The molecular formula is C23H28N4O2. The number of β-amino-alcohol motifs (C(OH)–C–C–N with tert-alkyl or cyclic N) is 1. The molecule has 0 saturated carbocycles. The molecule has 0 amide bonds. The number of nitrogens with zero attached hydrogens (tertiary/aromatic N) is 4. The molecule has 0 bridgehead atoms. The fourth-order valence-corrected chi connectivity index (χ4v) is 3.64. The average Bonchev–Trinajstić information content (AvgIpc) is 2.70. The van der Waals surface area contributed by atoms with Crippen molar-refractivity contribution < 1.29 is 9.84 Å². The summed E-state index contributed by atoms with van der Waals surface area (Å²) in [6.07, 6.45) is 5.59. The Labute approximate surface area is 171 Å². The van der Waals surface area contributed by atoms with E-state index in [-0.39, 0.29) is 11.5 Å². The van der Waals surface area contributed by atoms with Gasteiger partial charge in [0.15, 0.2) is 0 Å². The van der Waals surface area contributed by atoms with Crippen LogP contribution >= 0.6 is 0 Å². The van der Waals surface area contributed by atoms with Gasteiger partial charge in [0.25, 0.3) is 0 Å². The second kappa shape index (κ2) is 8.05. The largest absolute Gasteiger partial charge is 0.488 e. The number of ether oxygens (including phenoxy) is 1. The van der Waals surface area contributed by atoms with Crippen molar-refractivity contribution in [2.45, 2.75) is 51.4 Å². The molecule has 4 rings (SSSR count). The number of aliphatic hydroxyl groups is 1. The van der Waals surface area contributed by atoms with Gasteiger partial charge in [-0.15, -0.1) is 0 Å². The highest BCUT2D eigenvalue weighted by molar-refractivity contribution is 5.79. The van der Waals surface area contributed by atoms with Gasteiger partial charge in [-0.25, -0.2) is 9.97 Å². The van der Waals surface area contributed by atoms with Crippen molar-refractivity contribution >= 4 is 10.9 Å². The number of hydrogen-bond donors (Lipinski definition) is 1. The molecule has 29 heavy (non-hydrogen) atoms. The number of piperidine rings is 1. The Bertz CT molecular complexity index is 969. The lowest BCUT2D eigenvalue weighted by molar-refractivity contribution is -0.0275. The van der Waals surface area contributed by atoms with Gasteiger partial charge in [0.1, 0.15) is 23.8 Å². The lowest BCUT2D eigenvalue weighted by Gasteiger charge is -2.35. The smallest absolute Gasteiger partial charge is 0.133 e. The molecule has 1 saturated heterocycles. The van der Waals surface area contributed by atoms with Gasteiger partial charge in [0.05, 0.1) is 5.52 Å². The molecule has 1 N–H and O–H groups in total. The number of pyridine rings is 1. The molecule has 1 aromatic carbocycles. The van der Waals surface area contributed by atoms with Crippen molar-refractivity contribution in [1.29, 1.82) is 0 Å². The molecule has 1 aliphatic rings.